The van der Waals surface area contributed by atoms with Crippen LogP contribution in [0.3, 0.4) is 0 Å². The first kappa shape index (κ1) is 12.7. The first-order valence-electron chi connectivity index (χ1n) is 6.69. The maximum atomic E-state index is 12.3. The van der Waals surface area contributed by atoms with Gasteiger partial charge in [-0.1, -0.05) is 6.07 Å². The van der Waals surface area contributed by atoms with Crippen molar-refractivity contribution >= 4 is 23.2 Å². The molecule has 1 aromatic heterocycles. The van der Waals surface area contributed by atoms with Gasteiger partial charge in [-0.05, 0) is 42.5 Å². The van der Waals surface area contributed by atoms with Crippen molar-refractivity contribution in [2.75, 3.05) is 0 Å². The Kier molecular flexibility index (Phi) is 3.31. The number of hydrogen-bond acceptors (Lipinski definition) is 3. The van der Waals surface area contributed by atoms with Crippen molar-refractivity contribution in [2.45, 2.75) is 25.8 Å². The number of aliphatic carboxylic acids is 1. The predicted octanol–water partition coefficient (Wildman–Crippen LogP) is 2.11. The SMILES string of the molecule is O=C(O)[C@H]1[C@H]2CC[C@@H](C2)[C@@H]1C(=O)NCc1cccs1. The zero-order chi connectivity index (χ0) is 13.4. The van der Waals surface area contributed by atoms with Crippen LogP contribution < -0.4 is 5.32 Å². The van der Waals surface area contributed by atoms with Crippen molar-refractivity contribution in [3.63, 3.8) is 0 Å². The Morgan fingerprint density at radius 3 is 2.68 bits per heavy atom. The van der Waals surface area contributed by atoms with Gasteiger partial charge in [-0.15, -0.1) is 11.3 Å². The molecule has 1 heterocycles. The molecule has 0 radical (unpaired) electrons. The number of hydrogen-bond donors (Lipinski definition) is 2. The Morgan fingerprint density at radius 2 is 2.05 bits per heavy atom. The summed E-state index contributed by atoms with van der Waals surface area (Å²) in [5.41, 5.74) is 0. The molecule has 19 heavy (non-hydrogen) atoms. The number of carboxylic acids is 1. The normalized spacial score (nSPS) is 32.4. The second-order valence-corrected chi connectivity index (χ2v) is 6.55. The molecular formula is C14H17NO3S. The fourth-order valence-corrected chi connectivity index (χ4v) is 4.37. The van der Waals surface area contributed by atoms with Gasteiger partial charge in [0.15, 0.2) is 0 Å². The molecule has 102 valence electrons. The molecule has 2 bridgehead atoms. The van der Waals surface area contributed by atoms with E-state index in [0.717, 1.165) is 24.1 Å². The molecule has 1 amide bonds. The summed E-state index contributed by atoms with van der Waals surface area (Å²) >= 11 is 1.60. The Morgan fingerprint density at radius 1 is 1.32 bits per heavy atom. The average Bonchev–Trinajstić information content (AvgIpc) is 3.10. The van der Waals surface area contributed by atoms with Crippen molar-refractivity contribution in [2.24, 2.45) is 23.7 Å². The molecule has 0 aromatic carbocycles. The highest BCUT2D eigenvalue weighted by molar-refractivity contribution is 7.09. The number of nitrogens with one attached hydrogen (secondary N) is 1. The van der Waals surface area contributed by atoms with E-state index in [4.69, 9.17) is 0 Å². The van der Waals surface area contributed by atoms with Gasteiger partial charge in [0.25, 0.3) is 0 Å². The topological polar surface area (TPSA) is 66.4 Å². The van der Waals surface area contributed by atoms with Crippen LogP contribution in [0.25, 0.3) is 0 Å². The highest BCUT2D eigenvalue weighted by atomic mass is 32.1. The van der Waals surface area contributed by atoms with Gasteiger partial charge in [0.2, 0.25) is 5.91 Å². The van der Waals surface area contributed by atoms with Crippen LogP contribution in [0.15, 0.2) is 17.5 Å². The van der Waals surface area contributed by atoms with Crippen LogP contribution in [-0.2, 0) is 16.1 Å². The Hall–Kier alpha value is -1.36. The summed E-state index contributed by atoms with van der Waals surface area (Å²) in [7, 11) is 0. The van der Waals surface area contributed by atoms with Crippen LogP contribution >= 0.6 is 11.3 Å². The van der Waals surface area contributed by atoms with Crippen LogP contribution in [0.2, 0.25) is 0 Å². The van der Waals surface area contributed by atoms with Gasteiger partial charge in [-0.25, -0.2) is 0 Å². The first-order chi connectivity index (χ1) is 9.16. The first-order valence-corrected chi connectivity index (χ1v) is 7.57. The minimum absolute atomic E-state index is 0.0759. The van der Waals surface area contributed by atoms with Crippen LogP contribution in [0.1, 0.15) is 24.1 Å². The summed E-state index contributed by atoms with van der Waals surface area (Å²) in [6.45, 7) is 0.511. The zero-order valence-corrected chi connectivity index (χ0v) is 11.4. The lowest BCUT2D eigenvalue weighted by Gasteiger charge is -2.26. The Balaban J connectivity index is 1.66. The number of thiophene rings is 1. The smallest absolute Gasteiger partial charge is 0.307 e. The lowest BCUT2D eigenvalue weighted by Crippen LogP contribution is -2.40. The lowest BCUT2D eigenvalue weighted by molar-refractivity contribution is -0.149. The second-order valence-electron chi connectivity index (χ2n) is 5.52. The Bertz CT molecular complexity index is 485. The van der Waals surface area contributed by atoms with Crippen LogP contribution in [0, 0.1) is 23.7 Å². The number of rotatable bonds is 4. The number of carbonyl (C=O) groups excluding carboxylic acids is 1. The predicted molar refractivity (Wildman–Crippen MR) is 71.6 cm³/mol. The summed E-state index contributed by atoms with van der Waals surface area (Å²) < 4.78 is 0. The van der Waals surface area contributed by atoms with Gasteiger partial charge < -0.3 is 10.4 Å². The zero-order valence-electron chi connectivity index (χ0n) is 10.5. The van der Waals surface area contributed by atoms with Gasteiger partial charge in [0, 0.05) is 4.88 Å². The fraction of sp³-hybridized carbons (Fsp3) is 0.571. The number of amides is 1. The summed E-state index contributed by atoms with van der Waals surface area (Å²) in [5, 5.41) is 14.2. The molecule has 0 unspecified atom stereocenters. The maximum Gasteiger partial charge on any atom is 0.307 e. The molecule has 4 atom stereocenters. The molecule has 0 aliphatic heterocycles. The van der Waals surface area contributed by atoms with Gasteiger partial charge in [-0.3, -0.25) is 9.59 Å². The van der Waals surface area contributed by atoms with E-state index in [1.165, 1.54) is 0 Å². The quantitative estimate of drug-likeness (QED) is 0.887. The van der Waals surface area contributed by atoms with E-state index < -0.39 is 11.9 Å². The fourth-order valence-electron chi connectivity index (χ4n) is 3.73. The second kappa shape index (κ2) is 4.96. The van der Waals surface area contributed by atoms with E-state index in [-0.39, 0.29) is 23.7 Å². The van der Waals surface area contributed by atoms with Gasteiger partial charge in [-0.2, -0.15) is 0 Å². The van der Waals surface area contributed by atoms with Crippen molar-refractivity contribution in [1.82, 2.24) is 5.32 Å². The molecule has 2 saturated carbocycles. The van der Waals surface area contributed by atoms with E-state index in [1.54, 1.807) is 11.3 Å². The molecule has 0 saturated heterocycles. The summed E-state index contributed by atoms with van der Waals surface area (Å²) in [5.74, 6) is -1.19. The third kappa shape index (κ3) is 2.27. The summed E-state index contributed by atoms with van der Waals surface area (Å²) in [6, 6.07) is 3.92. The van der Waals surface area contributed by atoms with E-state index in [0.29, 0.717) is 6.54 Å². The molecule has 2 fully saturated rings. The molecule has 2 aliphatic carbocycles. The molecule has 0 spiro atoms. The summed E-state index contributed by atoms with van der Waals surface area (Å²) in [4.78, 5) is 24.7. The van der Waals surface area contributed by atoms with E-state index in [1.807, 2.05) is 17.5 Å². The summed E-state index contributed by atoms with van der Waals surface area (Å²) in [6.07, 6.45) is 2.88. The molecule has 1 aromatic rings. The molecule has 2 aliphatic rings. The highest BCUT2D eigenvalue weighted by Gasteiger charge is 2.53. The molecule has 3 rings (SSSR count). The number of carboxylic acid groups (broad SMARTS) is 1. The van der Waals surface area contributed by atoms with E-state index in [2.05, 4.69) is 5.32 Å². The van der Waals surface area contributed by atoms with E-state index >= 15 is 0 Å². The van der Waals surface area contributed by atoms with Crippen LogP contribution in [0.5, 0.6) is 0 Å². The van der Waals surface area contributed by atoms with Gasteiger partial charge in [0.1, 0.15) is 0 Å². The van der Waals surface area contributed by atoms with Gasteiger partial charge >= 0.3 is 5.97 Å². The largest absolute Gasteiger partial charge is 0.481 e. The highest BCUT2D eigenvalue weighted by Crippen LogP contribution is 2.52. The monoisotopic (exact) mass is 279 g/mol. The lowest BCUT2D eigenvalue weighted by atomic mass is 9.79. The van der Waals surface area contributed by atoms with Crippen molar-refractivity contribution in [1.29, 1.82) is 0 Å². The molecule has 5 heteroatoms. The standard InChI is InChI=1S/C14H17NO3S/c16-13(15-7-10-2-1-5-19-10)11-8-3-4-9(6-8)12(11)14(17)18/h1-2,5,8-9,11-12H,3-4,6-7H2,(H,15,16)(H,17,18)/t8-,9-,11-,12-/m0/s1. The third-order valence-electron chi connectivity index (χ3n) is 4.52. The molecule has 4 nitrogen and oxygen atoms in total. The maximum absolute atomic E-state index is 12.3. The van der Waals surface area contributed by atoms with Gasteiger partial charge in [0.05, 0.1) is 18.4 Å². The van der Waals surface area contributed by atoms with E-state index in [9.17, 15) is 14.7 Å². The van der Waals surface area contributed by atoms with Crippen molar-refractivity contribution in [3.05, 3.63) is 22.4 Å². The number of fused-ring (bicyclic) bond motifs is 2. The Labute approximate surface area is 115 Å². The number of carbonyl (C=O) groups is 2. The minimum atomic E-state index is -0.802. The third-order valence-corrected chi connectivity index (χ3v) is 5.40. The van der Waals surface area contributed by atoms with Crippen molar-refractivity contribution < 1.29 is 14.7 Å². The molecular weight excluding hydrogens is 262 g/mol. The molecule has 2 N–H and O–H groups in total. The average molecular weight is 279 g/mol. The van der Waals surface area contributed by atoms with Crippen LogP contribution in [0.4, 0.5) is 0 Å². The van der Waals surface area contributed by atoms with Crippen molar-refractivity contribution in [3.8, 4) is 0 Å². The minimum Gasteiger partial charge on any atom is -0.481 e. The van der Waals surface area contributed by atoms with Crippen LogP contribution in [-0.4, -0.2) is 17.0 Å².